The highest BCUT2D eigenvalue weighted by Gasteiger charge is 2.19. The first-order chi connectivity index (χ1) is 8.68. The Hall–Kier alpha value is -1.35. The molecule has 1 aromatic carbocycles. The third-order valence-corrected chi connectivity index (χ3v) is 3.71. The Morgan fingerprint density at radius 1 is 1.33 bits per heavy atom. The van der Waals surface area contributed by atoms with Crippen LogP contribution >= 0.6 is 0 Å². The quantitative estimate of drug-likeness (QED) is 0.885. The fourth-order valence-corrected chi connectivity index (χ4v) is 2.55. The van der Waals surface area contributed by atoms with E-state index < -0.39 is 0 Å². The standard InChI is InChI=1S/C15H22N2O/c1-12-5-3-4-6-14(12)15(18)17(2)11-13-7-9-16-10-8-13/h3-6,13,16H,7-11H2,1-2H3. The fraction of sp³-hybridized carbons (Fsp3) is 0.533. The van der Waals surface area contributed by atoms with Crippen LogP contribution in [0.5, 0.6) is 0 Å². The molecule has 1 aromatic rings. The molecule has 1 N–H and O–H groups in total. The minimum Gasteiger partial charge on any atom is -0.341 e. The van der Waals surface area contributed by atoms with Crippen LogP contribution in [-0.2, 0) is 0 Å². The molecule has 0 spiro atoms. The van der Waals surface area contributed by atoms with Crippen molar-refractivity contribution in [3.8, 4) is 0 Å². The maximum atomic E-state index is 12.3. The van der Waals surface area contributed by atoms with E-state index in [-0.39, 0.29) is 5.91 Å². The number of hydrogen-bond acceptors (Lipinski definition) is 2. The topological polar surface area (TPSA) is 32.3 Å². The third kappa shape index (κ3) is 3.10. The molecule has 3 heteroatoms. The van der Waals surface area contributed by atoms with Crippen LogP contribution in [0.3, 0.4) is 0 Å². The number of piperidine rings is 1. The van der Waals surface area contributed by atoms with Crippen molar-refractivity contribution in [1.82, 2.24) is 10.2 Å². The van der Waals surface area contributed by atoms with Gasteiger partial charge in [0.05, 0.1) is 0 Å². The number of hydrogen-bond donors (Lipinski definition) is 1. The van der Waals surface area contributed by atoms with Crippen LogP contribution in [0.1, 0.15) is 28.8 Å². The van der Waals surface area contributed by atoms with E-state index in [9.17, 15) is 4.79 Å². The lowest BCUT2D eigenvalue weighted by Gasteiger charge is -2.28. The third-order valence-electron chi connectivity index (χ3n) is 3.71. The molecule has 1 heterocycles. The van der Waals surface area contributed by atoms with Crippen LogP contribution in [0.4, 0.5) is 0 Å². The zero-order valence-electron chi connectivity index (χ0n) is 11.3. The maximum absolute atomic E-state index is 12.3. The van der Waals surface area contributed by atoms with Gasteiger partial charge in [0.2, 0.25) is 0 Å². The number of benzene rings is 1. The molecule has 1 amide bonds. The van der Waals surface area contributed by atoms with Crippen LogP contribution in [0.25, 0.3) is 0 Å². The summed E-state index contributed by atoms with van der Waals surface area (Å²) in [4.78, 5) is 14.2. The summed E-state index contributed by atoms with van der Waals surface area (Å²) in [7, 11) is 1.91. The van der Waals surface area contributed by atoms with Crippen LogP contribution in [0, 0.1) is 12.8 Å². The molecule has 18 heavy (non-hydrogen) atoms. The molecule has 0 bridgehead atoms. The summed E-state index contributed by atoms with van der Waals surface area (Å²) >= 11 is 0. The summed E-state index contributed by atoms with van der Waals surface area (Å²) in [6.07, 6.45) is 2.34. The number of amides is 1. The average Bonchev–Trinajstić information content (AvgIpc) is 2.39. The van der Waals surface area contributed by atoms with Crippen molar-refractivity contribution in [1.29, 1.82) is 0 Å². The second-order valence-electron chi connectivity index (χ2n) is 5.19. The molecule has 0 unspecified atom stereocenters. The van der Waals surface area contributed by atoms with E-state index >= 15 is 0 Å². The first-order valence-electron chi connectivity index (χ1n) is 6.70. The summed E-state index contributed by atoms with van der Waals surface area (Å²) in [5.41, 5.74) is 1.88. The fourth-order valence-electron chi connectivity index (χ4n) is 2.55. The van der Waals surface area contributed by atoms with Crippen molar-refractivity contribution < 1.29 is 4.79 Å². The van der Waals surface area contributed by atoms with Gasteiger partial charge in [-0.05, 0) is 50.4 Å². The zero-order chi connectivity index (χ0) is 13.0. The van der Waals surface area contributed by atoms with Crippen LogP contribution in [0.2, 0.25) is 0 Å². The van der Waals surface area contributed by atoms with E-state index in [4.69, 9.17) is 0 Å². The molecular weight excluding hydrogens is 224 g/mol. The van der Waals surface area contributed by atoms with Crippen molar-refractivity contribution in [2.24, 2.45) is 5.92 Å². The number of carbonyl (C=O) groups excluding carboxylic acids is 1. The van der Waals surface area contributed by atoms with Gasteiger partial charge in [0.1, 0.15) is 0 Å². The van der Waals surface area contributed by atoms with Crippen molar-refractivity contribution in [2.45, 2.75) is 19.8 Å². The number of nitrogens with zero attached hydrogens (tertiary/aromatic N) is 1. The van der Waals surface area contributed by atoms with Gasteiger partial charge < -0.3 is 10.2 Å². The summed E-state index contributed by atoms with van der Waals surface area (Å²) in [5, 5.41) is 3.35. The average molecular weight is 246 g/mol. The Labute approximate surface area is 109 Å². The lowest BCUT2D eigenvalue weighted by molar-refractivity contribution is 0.0762. The Morgan fingerprint density at radius 2 is 2.00 bits per heavy atom. The van der Waals surface area contributed by atoms with Gasteiger partial charge in [0.15, 0.2) is 0 Å². The monoisotopic (exact) mass is 246 g/mol. The van der Waals surface area contributed by atoms with Crippen LogP contribution < -0.4 is 5.32 Å². The number of carbonyl (C=O) groups is 1. The van der Waals surface area contributed by atoms with Gasteiger partial charge in [-0.2, -0.15) is 0 Å². The van der Waals surface area contributed by atoms with Gasteiger partial charge in [-0.1, -0.05) is 18.2 Å². The van der Waals surface area contributed by atoms with Gasteiger partial charge in [-0.25, -0.2) is 0 Å². The zero-order valence-corrected chi connectivity index (χ0v) is 11.3. The first kappa shape index (κ1) is 13.1. The second-order valence-corrected chi connectivity index (χ2v) is 5.19. The van der Waals surface area contributed by atoms with Gasteiger partial charge >= 0.3 is 0 Å². The molecule has 98 valence electrons. The molecule has 0 saturated carbocycles. The molecule has 0 aliphatic carbocycles. The summed E-state index contributed by atoms with van der Waals surface area (Å²) in [6.45, 7) is 5.02. The Morgan fingerprint density at radius 3 is 2.67 bits per heavy atom. The maximum Gasteiger partial charge on any atom is 0.253 e. The Balaban J connectivity index is 1.98. The smallest absolute Gasteiger partial charge is 0.253 e. The highest BCUT2D eigenvalue weighted by molar-refractivity contribution is 5.95. The van der Waals surface area contributed by atoms with E-state index in [0.29, 0.717) is 5.92 Å². The van der Waals surface area contributed by atoms with Crippen molar-refractivity contribution in [3.63, 3.8) is 0 Å². The minimum atomic E-state index is 0.145. The summed E-state index contributed by atoms with van der Waals surface area (Å²) in [5.74, 6) is 0.788. The largest absolute Gasteiger partial charge is 0.341 e. The van der Waals surface area contributed by atoms with E-state index in [1.54, 1.807) is 0 Å². The van der Waals surface area contributed by atoms with Crippen molar-refractivity contribution in [3.05, 3.63) is 35.4 Å². The predicted octanol–water partition coefficient (Wildman–Crippen LogP) is 2.07. The number of nitrogens with one attached hydrogen (secondary N) is 1. The van der Waals surface area contributed by atoms with Gasteiger partial charge in [0, 0.05) is 19.2 Å². The Bertz CT molecular complexity index is 411. The summed E-state index contributed by atoms with van der Waals surface area (Å²) < 4.78 is 0. The molecule has 0 atom stereocenters. The first-order valence-corrected chi connectivity index (χ1v) is 6.70. The molecule has 0 radical (unpaired) electrons. The molecule has 1 saturated heterocycles. The summed E-state index contributed by atoms with van der Waals surface area (Å²) in [6, 6.07) is 7.81. The molecule has 1 fully saturated rings. The highest BCUT2D eigenvalue weighted by Crippen LogP contribution is 2.15. The number of rotatable bonds is 3. The minimum absolute atomic E-state index is 0.145. The molecule has 1 aliphatic heterocycles. The van der Waals surface area contributed by atoms with E-state index in [1.165, 1.54) is 12.8 Å². The highest BCUT2D eigenvalue weighted by atomic mass is 16.2. The second kappa shape index (κ2) is 6.01. The lowest BCUT2D eigenvalue weighted by Crippen LogP contribution is -2.37. The van der Waals surface area contributed by atoms with Crippen molar-refractivity contribution in [2.75, 3.05) is 26.7 Å². The van der Waals surface area contributed by atoms with Crippen molar-refractivity contribution >= 4 is 5.91 Å². The van der Waals surface area contributed by atoms with E-state index in [0.717, 1.165) is 30.8 Å². The number of aryl methyl sites for hydroxylation is 1. The lowest BCUT2D eigenvalue weighted by atomic mass is 9.97. The molecule has 3 nitrogen and oxygen atoms in total. The Kier molecular flexibility index (Phi) is 4.37. The van der Waals surface area contributed by atoms with Gasteiger partial charge in [-0.15, -0.1) is 0 Å². The molecule has 1 aliphatic rings. The SMILES string of the molecule is Cc1ccccc1C(=O)N(C)CC1CCNCC1. The normalized spacial score (nSPS) is 16.6. The molecule has 2 rings (SSSR count). The van der Waals surface area contributed by atoms with Gasteiger partial charge in [-0.3, -0.25) is 4.79 Å². The molecule has 0 aromatic heterocycles. The van der Waals surface area contributed by atoms with E-state index in [2.05, 4.69) is 5.32 Å². The van der Waals surface area contributed by atoms with E-state index in [1.807, 2.05) is 43.1 Å². The molecular formula is C15H22N2O. The van der Waals surface area contributed by atoms with Crippen LogP contribution in [0.15, 0.2) is 24.3 Å². The predicted molar refractivity (Wildman–Crippen MR) is 73.7 cm³/mol. The van der Waals surface area contributed by atoms with Gasteiger partial charge in [0.25, 0.3) is 5.91 Å². The van der Waals surface area contributed by atoms with Crippen LogP contribution in [-0.4, -0.2) is 37.5 Å².